The van der Waals surface area contributed by atoms with Gasteiger partial charge in [-0.3, -0.25) is 9.69 Å². The number of aromatic nitrogens is 2. The maximum absolute atomic E-state index is 11.9. The second kappa shape index (κ2) is 10.6. The minimum absolute atomic E-state index is 0.0833. The Morgan fingerprint density at radius 2 is 1.78 bits per heavy atom. The fourth-order valence-electron chi connectivity index (χ4n) is 3.46. The van der Waals surface area contributed by atoms with E-state index in [4.69, 9.17) is 0 Å². The maximum Gasteiger partial charge on any atom is 0.222 e. The van der Waals surface area contributed by atoms with Crippen molar-refractivity contribution in [1.82, 2.24) is 20.2 Å². The molecule has 2 aromatic rings. The SMILES string of the molecule is O=C(CCNc1ncccn1)NCCC1CCN(Cc2ccccc2)CC1. The zero-order valence-electron chi connectivity index (χ0n) is 15.8. The Morgan fingerprint density at radius 1 is 1.04 bits per heavy atom. The summed E-state index contributed by atoms with van der Waals surface area (Å²) in [6, 6.07) is 12.4. The van der Waals surface area contributed by atoms with Crippen molar-refractivity contribution < 1.29 is 4.79 Å². The number of likely N-dealkylation sites (tertiary alicyclic amines) is 1. The van der Waals surface area contributed by atoms with Gasteiger partial charge in [-0.1, -0.05) is 30.3 Å². The molecular formula is C21H29N5O. The van der Waals surface area contributed by atoms with Crippen molar-refractivity contribution in [2.75, 3.05) is 31.5 Å². The minimum atomic E-state index is 0.0833. The number of hydrogen-bond acceptors (Lipinski definition) is 5. The van der Waals surface area contributed by atoms with Crippen LogP contribution in [-0.2, 0) is 11.3 Å². The zero-order chi connectivity index (χ0) is 18.7. The molecule has 1 saturated heterocycles. The molecule has 1 aromatic carbocycles. The van der Waals surface area contributed by atoms with Crippen LogP contribution in [0.5, 0.6) is 0 Å². The van der Waals surface area contributed by atoms with Gasteiger partial charge < -0.3 is 10.6 Å². The first-order chi connectivity index (χ1) is 13.3. The Bertz CT molecular complexity index is 671. The van der Waals surface area contributed by atoms with E-state index >= 15 is 0 Å². The molecule has 0 bridgehead atoms. The lowest BCUT2D eigenvalue weighted by atomic mass is 9.93. The third-order valence-electron chi connectivity index (χ3n) is 5.03. The molecule has 144 valence electrons. The van der Waals surface area contributed by atoms with E-state index < -0.39 is 0 Å². The molecule has 0 saturated carbocycles. The molecule has 1 aliphatic rings. The third kappa shape index (κ3) is 6.98. The number of piperidine rings is 1. The molecule has 0 radical (unpaired) electrons. The van der Waals surface area contributed by atoms with Crippen molar-refractivity contribution >= 4 is 11.9 Å². The topological polar surface area (TPSA) is 70.1 Å². The molecule has 0 unspecified atom stereocenters. The first-order valence-electron chi connectivity index (χ1n) is 9.83. The number of anilines is 1. The molecule has 1 aliphatic heterocycles. The molecule has 6 heteroatoms. The van der Waals surface area contributed by atoms with Crippen LogP contribution in [0.2, 0.25) is 0 Å². The number of carbonyl (C=O) groups is 1. The van der Waals surface area contributed by atoms with Crippen LogP contribution >= 0.6 is 0 Å². The van der Waals surface area contributed by atoms with Crippen LogP contribution in [0.3, 0.4) is 0 Å². The highest BCUT2D eigenvalue weighted by molar-refractivity contribution is 5.76. The smallest absolute Gasteiger partial charge is 0.222 e. The van der Waals surface area contributed by atoms with Crippen molar-refractivity contribution in [2.45, 2.75) is 32.2 Å². The normalized spacial score (nSPS) is 15.4. The van der Waals surface area contributed by atoms with Gasteiger partial charge in [0, 0.05) is 38.4 Å². The Balaban J connectivity index is 1.24. The maximum atomic E-state index is 11.9. The Labute approximate surface area is 161 Å². The number of carbonyl (C=O) groups excluding carboxylic acids is 1. The average molecular weight is 367 g/mol. The van der Waals surface area contributed by atoms with E-state index in [2.05, 4.69) is 55.8 Å². The molecule has 2 N–H and O–H groups in total. The van der Waals surface area contributed by atoms with Crippen LogP contribution in [0.25, 0.3) is 0 Å². The highest BCUT2D eigenvalue weighted by Crippen LogP contribution is 2.21. The first-order valence-corrected chi connectivity index (χ1v) is 9.83. The molecule has 0 aliphatic carbocycles. The van der Waals surface area contributed by atoms with Gasteiger partial charge in [0.05, 0.1) is 0 Å². The quantitative estimate of drug-likeness (QED) is 0.713. The summed E-state index contributed by atoms with van der Waals surface area (Å²) in [5, 5.41) is 6.09. The molecule has 1 fully saturated rings. The molecule has 27 heavy (non-hydrogen) atoms. The summed E-state index contributed by atoms with van der Waals surface area (Å²) in [4.78, 5) is 22.6. The van der Waals surface area contributed by atoms with Gasteiger partial charge in [0.15, 0.2) is 0 Å². The van der Waals surface area contributed by atoms with Crippen molar-refractivity contribution in [2.24, 2.45) is 5.92 Å². The van der Waals surface area contributed by atoms with Gasteiger partial charge in [0.1, 0.15) is 0 Å². The lowest BCUT2D eigenvalue weighted by Crippen LogP contribution is -2.35. The minimum Gasteiger partial charge on any atom is -0.356 e. The molecule has 1 amide bonds. The summed E-state index contributed by atoms with van der Waals surface area (Å²) in [6.07, 6.45) is 7.31. The van der Waals surface area contributed by atoms with Gasteiger partial charge >= 0.3 is 0 Å². The van der Waals surface area contributed by atoms with Crippen LogP contribution in [0, 0.1) is 5.92 Å². The number of benzene rings is 1. The summed E-state index contributed by atoms with van der Waals surface area (Å²) in [5.41, 5.74) is 1.39. The summed E-state index contributed by atoms with van der Waals surface area (Å²) in [6.45, 7) is 4.66. The summed E-state index contributed by atoms with van der Waals surface area (Å²) in [5.74, 6) is 1.36. The van der Waals surface area contributed by atoms with Gasteiger partial charge in [-0.05, 0) is 49.9 Å². The predicted molar refractivity (Wildman–Crippen MR) is 107 cm³/mol. The molecule has 3 rings (SSSR count). The lowest BCUT2D eigenvalue weighted by molar-refractivity contribution is -0.120. The predicted octanol–water partition coefficient (Wildman–Crippen LogP) is 2.70. The molecule has 6 nitrogen and oxygen atoms in total. The molecular weight excluding hydrogens is 338 g/mol. The van der Waals surface area contributed by atoms with Crippen molar-refractivity contribution in [3.8, 4) is 0 Å². The van der Waals surface area contributed by atoms with Crippen LogP contribution in [0.1, 0.15) is 31.2 Å². The van der Waals surface area contributed by atoms with E-state index in [-0.39, 0.29) is 5.91 Å². The lowest BCUT2D eigenvalue weighted by Gasteiger charge is -2.32. The van der Waals surface area contributed by atoms with Crippen molar-refractivity contribution in [3.63, 3.8) is 0 Å². The Hall–Kier alpha value is -2.47. The van der Waals surface area contributed by atoms with Crippen molar-refractivity contribution in [3.05, 3.63) is 54.4 Å². The number of nitrogens with zero attached hydrogens (tertiary/aromatic N) is 3. The summed E-state index contributed by atoms with van der Waals surface area (Å²) >= 11 is 0. The monoisotopic (exact) mass is 367 g/mol. The van der Waals surface area contributed by atoms with Crippen molar-refractivity contribution in [1.29, 1.82) is 0 Å². The van der Waals surface area contributed by atoms with Crippen LogP contribution in [0.15, 0.2) is 48.8 Å². The Morgan fingerprint density at radius 3 is 2.52 bits per heavy atom. The van der Waals surface area contributed by atoms with E-state index in [1.165, 1.54) is 18.4 Å². The summed E-state index contributed by atoms with van der Waals surface area (Å²) in [7, 11) is 0. The first kappa shape index (κ1) is 19.3. The highest BCUT2D eigenvalue weighted by atomic mass is 16.1. The average Bonchev–Trinajstić information content (AvgIpc) is 2.71. The van der Waals surface area contributed by atoms with Crippen LogP contribution < -0.4 is 10.6 Å². The fraction of sp³-hybridized carbons (Fsp3) is 0.476. The zero-order valence-corrected chi connectivity index (χ0v) is 15.8. The molecule has 0 atom stereocenters. The standard InChI is InChI=1S/C21H29N5O/c27-20(8-14-25-21-23-11-4-12-24-21)22-13-7-18-9-15-26(16-10-18)17-19-5-2-1-3-6-19/h1-6,11-12,18H,7-10,13-17H2,(H,22,27)(H,23,24,25). The number of rotatable bonds is 9. The molecule has 2 heterocycles. The van der Waals surface area contributed by atoms with Crippen LogP contribution in [0.4, 0.5) is 5.95 Å². The van der Waals surface area contributed by atoms with Gasteiger partial charge in [-0.15, -0.1) is 0 Å². The number of amides is 1. The number of hydrogen-bond donors (Lipinski definition) is 2. The van der Waals surface area contributed by atoms with E-state index in [1.54, 1.807) is 18.5 Å². The second-order valence-electron chi connectivity index (χ2n) is 7.09. The molecule has 1 aromatic heterocycles. The largest absolute Gasteiger partial charge is 0.356 e. The van der Waals surface area contributed by atoms with Crippen LogP contribution in [-0.4, -0.2) is 47.0 Å². The van der Waals surface area contributed by atoms with Gasteiger partial charge in [-0.25, -0.2) is 9.97 Å². The van der Waals surface area contributed by atoms with E-state index in [1.807, 2.05) is 0 Å². The third-order valence-corrected chi connectivity index (χ3v) is 5.03. The number of nitrogens with one attached hydrogen (secondary N) is 2. The highest BCUT2D eigenvalue weighted by Gasteiger charge is 2.19. The van der Waals surface area contributed by atoms with Gasteiger partial charge in [0.2, 0.25) is 11.9 Å². The van der Waals surface area contributed by atoms with Gasteiger partial charge in [0.25, 0.3) is 0 Å². The van der Waals surface area contributed by atoms with E-state index in [0.717, 1.165) is 32.6 Å². The summed E-state index contributed by atoms with van der Waals surface area (Å²) < 4.78 is 0. The second-order valence-corrected chi connectivity index (χ2v) is 7.09. The van der Waals surface area contributed by atoms with E-state index in [0.29, 0.717) is 24.8 Å². The Kier molecular flexibility index (Phi) is 7.59. The fourth-order valence-corrected chi connectivity index (χ4v) is 3.46. The molecule has 0 spiro atoms. The van der Waals surface area contributed by atoms with E-state index in [9.17, 15) is 4.79 Å². The van der Waals surface area contributed by atoms with Gasteiger partial charge in [-0.2, -0.15) is 0 Å².